The summed E-state index contributed by atoms with van der Waals surface area (Å²) in [7, 11) is 0. The molecule has 0 radical (unpaired) electrons. The van der Waals surface area contributed by atoms with E-state index in [4.69, 9.17) is 5.73 Å². The second kappa shape index (κ2) is 12.4. The van der Waals surface area contributed by atoms with E-state index in [9.17, 15) is 4.39 Å². The first-order valence-electron chi connectivity index (χ1n) is 6.18. The van der Waals surface area contributed by atoms with Crippen LogP contribution >= 0.6 is 24.0 Å². The van der Waals surface area contributed by atoms with Gasteiger partial charge in [-0.05, 0) is 25.7 Å². The van der Waals surface area contributed by atoms with Crippen LogP contribution in [-0.4, -0.2) is 25.2 Å². The molecule has 0 saturated carbocycles. The van der Waals surface area contributed by atoms with Crippen LogP contribution in [0.5, 0.6) is 0 Å². The first kappa shape index (κ1) is 19.3. The lowest BCUT2D eigenvalue weighted by atomic mass is 10.0. The van der Waals surface area contributed by atoms with Crippen LogP contribution in [0.3, 0.4) is 0 Å². The topological polar surface area (TPSA) is 50.4 Å². The van der Waals surface area contributed by atoms with Crippen LogP contribution < -0.4 is 11.1 Å². The number of hydrogen-bond acceptors (Lipinski definition) is 1. The van der Waals surface area contributed by atoms with E-state index in [0.29, 0.717) is 25.0 Å². The number of nitrogens with zero attached hydrogens (tertiary/aromatic N) is 1. The summed E-state index contributed by atoms with van der Waals surface area (Å²) in [6, 6.07) is 0.341. The molecule has 0 aromatic rings. The van der Waals surface area contributed by atoms with Crippen molar-refractivity contribution < 1.29 is 4.39 Å². The predicted molar refractivity (Wildman–Crippen MR) is 83.8 cm³/mol. The minimum atomic E-state index is -0.333. The second-order valence-corrected chi connectivity index (χ2v) is 4.68. The summed E-state index contributed by atoms with van der Waals surface area (Å²) in [4.78, 5) is 4.04. The standard InChI is InChI=1S/C12H26FN3.HI/c1-10(2)6-4-7-11(3)16-12(14)15-9-5-8-13;/h10-11H,4-9H2,1-3H3,(H3,14,15,16);1H. The molecule has 5 heteroatoms. The number of hydrogen-bond donors (Lipinski definition) is 2. The molecule has 0 saturated heterocycles. The number of guanidine groups is 1. The molecule has 1 unspecified atom stereocenters. The fraction of sp³-hybridized carbons (Fsp3) is 0.917. The molecule has 1 atom stereocenters. The summed E-state index contributed by atoms with van der Waals surface area (Å²) < 4.78 is 11.8. The number of nitrogens with two attached hydrogens (primary N) is 1. The maximum atomic E-state index is 11.8. The van der Waals surface area contributed by atoms with Gasteiger partial charge in [0.05, 0.1) is 6.67 Å². The number of rotatable bonds is 8. The minimum absolute atomic E-state index is 0. The van der Waals surface area contributed by atoms with Gasteiger partial charge in [-0.1, -0.05) is 26.7 Å². The Morgan fingerprint density at radius 1 is 1.24 bits per heavy atom. The average molecular weight is 359 g/mol. The van der Waals surface area contributed by atoms with Gasteiger partial charge in [0.1, 0.15) is 0 Å². The molecule has 0 spiro atoms. The third kappa shape index (κ3) is 13.9. The van der Waals surface area contributed by atoms with Gasteiger partial charge in [0.25, 0.3) is 0 Å². The molecule has 0 bridgehead atoms. The number of halogens is 2. The lowest BCUT2D eigenvalue weighted by molar-refractivity contribution is 0.476. The van der Waals surface area contributed by atoms with Gasteiger partial charge < -0.3 is 11.1 Å². The second-order valence-electron chi connectivity index (χ2n) is 4.68. The van der Waals surface area contributed by atoms with Crippen molar-refractivity contribution in [3.8, 4) is 0 Å². The van der Waals surface area contributed by atoms with Crippen molar-refractivity contribution in [1.82, 2.24) is 5.32 Å². The molecule has 0 amide bonds. The van der Waals surface area contributed by atoms with E-state index in [2.05, 4.69) is 31.1 Å². The Labute approximate surface area is 122 Å². The molecule has 0 aromatic carbocycles. The summed E-state index contributed by atoms with van der Waals surface area (Å²) in [6.07, 6.45) is 3.98. The quantitative estimate of drug-likeness (QED) is 0.303. The van der Waals surface area contributed by atoms with Crippen LogP contribution in [0.15, 0.2) is 4.99 Å². The Morgan fingerprint density at radius 2 is 1.88 bits per heavy atom. The van der Waals surface area contributed by atoms with Crippen molar-refractivity contribution >= 4 is 29.9 Å². The summed E-state index contributed by atoms with van der Waals surface area (Å²) in [5.41, 5.74) is 5.66. The van der Waals surface area contributed by atoms with Crippen molar-refractivity contribution in [3.05, 3.63) is 0 Å². The van der Waals surface area contributed by atoms with Gasteiger partial charge in [-0.2, -0.15) is 0 Å². The maximum Gasteiger partial charge on any atom is 0.188 e. The smallest absolute Gasteiger partial charge is 0.188 e. The molecule has 104 valence electrons. The molecule has 0 aliphatic heterocycles. The van der Waals surface area contributed by atoms with E-state index in [1.54, 1.807) is 0 Å². The van der Waals surface area contributed by atoms with Crippen molar-refractivity contribution in [2.75, 3.05) is 13.2 Å². The summed E-state index contributed by atoms with van der Waals surface area (Å²) in [6.45, 7) is 6.68. The van der Waals surface area contributed by atoms with Gasteiger partial charge in [0.15, 0.2) is 5.96 Å². The Bertz CT molecular complexity index is 198. The predicted octanol–water partition coefficient (Wildman–Crippen LogP) is 3.08. The van der Waals surface area contributed by atoms with Gasteiger partial charge in [-0.25, -0.2) is 0 Å². The van der Waals surface area contributed by atoms with Gasteiger partial charge >= 0.3 is 0 Å². The monoisotopic (exact) mass is 359 g/mol. The fourth-order valence-electron chi connectivity index (χ4n) is 1.46. The van der Waals surface area contributed by atoms with E-state index in [1.165, 1.54) is 12.8 Å². The van der Waals surface area contributed by atoms with E-state index in [-0.39, 0.29) is 30.7 Å². The van der Waals surface area contributed by atoms with Crippen LogP contribution in [0, 0.1) is 5.92 Å². The summed E-state index contributed by atoms with van der Waals surface area (Å²) in [5, 5.41) is 3.12. The molecule has 0 fully saturated rings. The lowest BCUT2D eigenvalue weighted by Gasteiger charge is -2.14. The average Bonchev–Trinajstić information content (AvgIpc) is 2.17. The molecule has 3 nitrogen and oxygen atoms in total. The third-order valence-corrected chi connectivity index (χ3v) is 2.39. The molecule has 0 heterocycles. The molecule has 3 N–H and O–H groups in total. The Hall–Kier alpha value is -0.0700. The Kier molecular flexibility index (Phi) is 14.0. The van der Waals surface area contributed by atoms with Crippen LogP contribution in [-0.2, 0) is 0 Å². The highest BCUT2D eigenvalue weighted by Gasteiger charge is 2.03. The highest BCUT2D eigenvalue weighted by molar-refractivity contribution is 14.0. The zero-order valence-electron chi connectivity index (χ0n) is 11.2. The third-order valence-electron chi connectivity index (χ3n) is 2.39. The van der Waals surface area contributed by atoms with E-state index in [0.717, 1.165) is 12.3 Å². The summed E-state index contributed by atoms with van der Waals surface area (Å²) >= 11 is 0. The van der Waals surface area contributed by atoms with Crippen LogP contribution in [0.25, 0.3) is 0 Å². The Balaban J connectivity index is 0. The van der Waals surface area contributed by atoms with Crippen LogP contribution in [0.1, 0.15) is 46.5 Å². The SMILES string of the molecule is CC(C)CCCC(C)NC(N)=NCCCF.I. The van der Waals surface area contributed by atoms with Crippen molar-refractivity contribution in [3.63, 3.8) is 0 Å². The summed E-state index contributed by atoms with van der Waals surface area (Å²) in [5.74, 6) is 1.19. The Morgan fingerprint density at radius 3 is 2.41 bits per heavy atom. The van der Waals surface area contributed by atoms with E-state index < -0.39 is 0 Å². The highest BCUT2D eigenvalue weighted by atomic mass is 127. The van der Waals surface area contributed by atoms with Crippen LogP contribution in [0.4, 0.5) is 4.39 Å². The van der Waals surface area contributed by atoms with Crippen molar-refractivity contribution in [1.29, 1.82) is 0 Å². The van der Waals surface area contributed by atoms with Crippen molar-refractivity contribution in [2.45, 2.75) is 52.5 Å². The van der Waals surface area contributed by atoms with Gasteiger partial charge in [0.2, 0.25) is 0 Å². The molecular weight excluding hydrogens is 332 g/mol. The van der Waals surface area contributed by atoms with Crippen LogP contribution in [0.2, 0.25) is 0 Å². The van der Waals surface area contributed by atoms with Gasteiger partial charge in [-0.3, -0.25) is 9.38 Å². The molecule has 0 aliphatic carbocycles. The number of nitrogens with one attached hydrogen (secondary N) is 1. The number of aliphatic imine (C=N–C) groups is 1. The molecule has 17 heavy (non-hydrogen) atoms. The highest BCUT2D eigenvalue weighted by Crippen LogP contribution is 2.07. The molecule has 0 rings (SSSR count). The zero-order chi connectivity index (χ0) is 12.4. The van der Waals surface area contributed by atoms with Gasteiger partial charge in [0, 0.05) is 12.6 Å². The maximum absolute atomic E-state index is 11.8. The first-order valence-corrected chi connectivity index (χ1v) is 6.18. The first-order chi connectivity index (χ1) is 7.56. The molecule has 0 aliphatic rings. The normalized spacial score (nSPS) is 13.4. The van der Waals surface area contributed by atoms with Crippen molar-refractivity contribution in [2.24, 2.45) is 16.6 Å². The molecular formula is C12H27FIN3. The van der Waals surface area contributed by atoms with E-state index >= 15 is 0 Å². The van der Waals surface area contributed by atoms with Gasteiger partial charge in [-0.15, -0.1) is 24.0 Å². The number of alkyl halides is 1. The minimum Gasteiger partial charge on any atom is -0.370 e. The molecule has 0 aromatic heterocycles. The fourth-order valence-corrected chi connectivity index (χ4v) is 1.46. The van der Waals surface area contributed by atoms with E-state index in [1.807, 2.05) is 0 Å². The lowest BCUT2D eigenvalue weighted by Crippen LogP contribution is -2.38. The largest absolute Gasteiger partial charge is 0.370 e. The zero-order valence-corrected chi connectivity index (χ0v) is 13.5.